The van der Waals surface area contributed by atoms with Crippen molar-refractivity contribution in [2.45, 2.75) is 36.9 Å². The molecule has 168 valence electrons. The molecule has 9 heteroatoms. The number of sulfonamides is 1. The largest absolute Gasteiger partial charge is 0.407 e. The topological polar surface area (TPSA) is 53.8 Å². The van der Waals surface area contributed by atoms with Gasteiger partial charge in [0.2, 0.25) is 10.0 Å². The lowest BCUT2D eigenvalue weighted by atomic mass is 9.85. The normalized spacial score (nSPS) is 30.3. The van der Waals surface area contributed by atoms with E-state index in [2.05, 4.69) is 10.2 Å². The van der Waals surface area contributed by atoms with Crippen molar-refractivity contribution in [2.75, 3.05) is 10.8 Å². The Labute approximate surface area is 185 Å². The summed E-state index contributed by atoms with van der Waals surface area (Å²) < 4.78 is 68.3. The number of anilines is 1. The summed E-state index contributed by atoms with van der Waals surface area (Å²) in [5.41, 5.74) is -0.499. The van der Waals surface area contributed by atoms with E-state index < -0.39 is 32.7 Å². The van der Waals surface area contributed by atoms with Crippen molar-refractivity contribution in [3.05, 3.63) is 71.1 Å². The fourth-order valence-electron chi connectivity index (χ4n) is 5.88. The van der Waals surface area contributed by atoms with Crippen molar-refractivity contribution in [2.24, 2.45) is 17.8 Å². The smallest absolute Gasteiger partial charge is 0.310 e. The number of nitrogens with one attached hydrogen (secondary N) is 1. The van der Waals surface area contributed by atoms with E-state index in [1.807, 2.05) is 30.3 Å². The van der Waals surface area contributed by atoms with Gasteiger partial charge in [0.25, 0.3) is 0 Å². The van der Waals surface area contributed by atoms with Crippen LogP contribution in [-0.4, -0.2) is 26.3 Å². The van der Waals surface area contributed by atoms with Crippen LogP contribution in [0.4, 0.5) is 24.5 Å². The highest BCUT2D eigenvalue weighted by Gasteiger charge is 2.62. The van der Waals surface area contributed by atoms with E-state index in [9.17, 15) is 21.6 Å². The average Bonchev–Trinajstić information content (AvgIpc) is 3.42. The third kappa shape index (κ3) is 3.37. The molecule has 1 heterocycles. The van der Waals surface area contributed by atoms with Gasteiger partial charge in [-0.15, -0.1) is 0 Å². The lowest BCUT2D eigenvalue weighted by Gasteiger charge is -2.30. The van der Waals surface area contributed by atoms with Crippen LogP contribution in [0.25, 0.3) is 4.85 Å². The first-order chi connectivity index (χ1) is 15.2. The van der Waals surface area contributed by atoms with Gasteiger partial charge < -0.3 is 5.32 Å². The molecule has 5 rings (SSSR count). The fourth-order valence-corrected chi connectivity index (χ4v) is 8.46. The molecule has 3 fully saturated rings. The third-order valence-electron chi connectivity index (χ3n) is 7.23. The van der Waals surface area contributed by atoms with Crippen LogP contribution in [0.3, 0.4) is 0 Å². The average molecular weight is 462 g/mol. The van der Waals surface area contributed by atoms with Crippen molar-refractivity contribution >= 4 is 21.4 Å². The molecular formula is C23H22F3N3O2S. The molecule has 2 aromatic carbocycles. The second kappa shape index (κ2) is 7.49. The van der Waals surface area contributed by atoms with Crippen LogP contribution >= 0.6 is 0 Å². The monoisotopic (exact) mass is 461 g/mol. The Bertz CT molecular complexity index is 1180. The standard InChI is InChI=1S/C23H22F3N3O2S/c1-27-20-8-7-16(11-19(20)23(24,25)26)29-13-18-15-9-17(22(18)32(29,30)31)21(10-15)28-12-14-5-3-2-4-6-14/h2-8,11,15,17-18,21-22,28H,9-10,12-13H2/t15-,17-,18-,21+,22+/m1/s1. The summed E-state index contributed by atoms with van der Waals surface area (Å²) in [6.07, 6.45) is -3.01. The molecule has 0 spiro atoms. The molecule has 2 aliphatic carbocycles. The number of halogens is 3. The zero-order valence-corrected chi connectivity index (χ0v) is 17.9. The molecule has 2 saturated carbocycles. The Kier molecular flexibility index (Phi) is 4.98. The molecule has 0 amide bonds. The van der Waals surface area contributed by atoms with Gasteiger partial charge >= 0.3 is 6.18 Å². The van der Waals surface area contributed by atoms with Crippen molar-refractivity contribution in [3.8, 4) is 0 Å². The second-order valence-corrected chi connectivity index (χ2v) is 10.9. The third-order valence-corrected chi connectivity index (χ3v) is 9.59. The summed E-state index contributed by atoms with van der Waals surface area (Å²) in [5, 5.41) is 2.93. The Morgan fingerprint density at radius 2 is 1.84 bits per heavy atom. The van der Waals surface area contributed by atoms with Gasteiger partial charge in [-0.3, -0.25) is 4.31 Å². The van der Waals surface area contributed by atoms with Crippen molar-refractivity contribution < 1.29 is 21.6 Å². The zero-order chi connectivity index (χ0) is 22.7. The van der Waals surface area contributed by atoms with Gasteiger partial charge in [-0.1, -0.05) is 36.4 Å². The number of nitrogens with zero attached hydrogens (tertiary/aromatic N) is 2. The maximum absolute atomic E-state index is 13.5. The number of benzene rings is 2. The van der Waals surface area contributed by atoms with Crippen molar-refractivity contribution in [1.29, 1.82) is 0 Å². The van der Waals surface area contributed by atoms with Crippen LogP contribution in [0.1, 0.15) is 24.0 Å². The minimum atomic E-state index is -4.72. The van der Waals surface area contributed by atoms with Gasteiger partial charge in [-0.2, -0.15) is 13.2 Å². The first-order valence-corrected chi connectivity index (χ1v) is 12.1. The summed E-state index contributed by atoms with van der Waals surface area (Å²) in [6, 6.07) is 13.2. The molecule has 5 atom stereocenters. The van der Waals surface area contributed by atoms with Crippen LogP contribution in [0.5, 0.6) is 0 Å². The number of hydrogen-bond acceptors (Lipinski definition) is 3. The van der Waals surface area contributed by atoms with Gasteiger partial charge in [-0.25, -0.2) is 13.3 Å². The Hall–Kier alpha value is -2.57. The first kappa shape index (κ1) is 21.3. The predicted octanol–water partition coefficient (Wildman–Crippen LogP) is 4.59. The van der Waals surface area contributed by atoms with E-state index in [-0.39, 0.29) is 36.0 Å². The lowest BCUT2D eigenvalue weighted by molar-refractivity contribution is -0.136. The summed E-state index contributed by atoms with van der Waals surface area (Å²) in [5.74, 6) is 0.116. The fraction of sp³-hybridized carbons (Fsp3) is 0.435. The number of fused-ring (bicyclic) bond motifs is 5. The van der Waals surface area contributed by atoms with E-state index in [1.54, 1.807) is 0 Å². The lowest BCUT2D eigenvalue weighted by Crippen LogP contribution is -2.44. The quantitative estimate of drug-likeness (QED) is 0.678. The van der Waals surface area contributed by atoms with E-state index in [4.69, 9.17) is 6.57 Å². The number of alkyl halides is 3. The van der Waals surface area contributed by atoms with Crippen LogP contribution in [-0.2, 0) is 22.7 Å². The molecule has 5 nitrogen and oxygen atoms in total. The van der Waals surface area contributed by atoms with Gasteiger partial charge in [-0.05, 0) is 48.3 Å². The van der Waals surface area contributed by atoms with Crippen molar-refractivity contribution in [3.63, 3.8) is 0 Å². The minimum Gasteiger partial charge on any atom is -0.310 e. The summed E-state index contributed by atoms with van der Waals surface area (Å²) in [6.45, 7) is 7.85. The molecule has 0 unspecified atom stereocenters. The van der Waals surface area contributed by atoms with Crippen LogP contribution in [0.2, 0.25) is 0 Å². The molecule has 0 aromatic heterocycles. The predicted molar refractivity (Wildman–Crippen MR) is 115 cm³/mol. The highest BCUT2D eigenvalue weighted by Crippen LogP contribution is 2.56. The maximum atomic E-state index is 13.5. The van der Waals surface area contributed by atoms with Gasteiger partial charge in [0, 0.05) is 24.8 Å². The summed E-state index contributed by atoms with van der Waals surface area (Å²) in [7, 11) is -3.80. The Morgan fingerprint density at radius 3 is 2.53 bits per heavy atom. The SMILES string of the molecule is [C-]#[N+]c1ccc(N2C[C@@H]3[C@@H]4C[C@@H]([C@@H]3S2(=O)=O)[C@@H](NCc2ccccc2)C4)cc1C(F)(F)F. The van der Waals surface area contributed by atoms with Crippen molar-refractivity contribution in [1.82, 2.24) is 5.32 Å². The summed E-state index contributed by atoms with van der Waals surface area (Å²) in [4.78, 5) is 2.94. The van der Waals surface area contributed by atoms with E-state index in [1.165, 1.54) is 6.07 Å². The molecular weight excluding hydrogens is 439 g/mol. The van der Waals surface area contributed by atoms with Crippen LogP contribution < -0.4 is 9.62 Å². The Morgan fingerprint density at radius 1 is 1.09 bits per heavy atom. The molecule has 32 heavy (non-hydrogen) atoms. The molecule has 1 saturated heterocycles. The van der Waals surface area contributed by atoms with Gasteiger partial charge in [0.1, 0.15) is 0 Å². The summed E-state index contributed by atoms with van der Waals surface area (Å²) >= 11 is 0. The number of rotatable bonds is 4. The molecule has 1 N–H and O–H groups in total. The Balaban J connectivity index is 1.40. The highest BCUT2D eigenvalue weighted by atomic mass is 32.2. The van der Waals surface area contributed by atoms with E-state index >= 15 is 0 Å². The maximum Gasteiger partial charge on any atom is 0.407 e. The second-order valence-electron chi connectivity index (χ2n) is 8.88. The molecule has 1 aliphatic heterocycles. The van der Waals surface area contributed by atoms with Gasteiger partial charge in [0.15, 0.2) is 5.69 Å². The molecule has 2 bridgehead atoms. The zero-order valence-electron chi connectivity index (χ0n) is 17.1. The van der Waals surface area contributed by atoms with Crippen LogP contribution in [0, 0.1) is 24.3 Å². The van der Waals surface area contributed by atoms with E-state index in [0.29, 0.717) is 6.54 Å². The molecule has 2 aromatic rings. The minimum absolute atomic E-state index is 0.00711. The molecule has 3 aliphatic rings. The number of hydrogen-bond donors (Lipinski definition) is 1. The van der Waals surface area contributed by atoms with E-state index in [0.717, 1.165) is 34.8 Å². The molecule has 0 radical (unpaired) electrons. The van der Waals surface area contributed by atoms with Gasteiger partial charge in [0.05, 0.1) is 17.4 Å². The first-order valence-electron chi connectivity index (χ1n) is 10.6. The highest BCUT2D eigenvalue weighted by molar-refractivity contribution is 7.93. The van der Waals surface area contributed by atoms with Crippen LogP contribution in [0.15, 0.2) is 48.5 Å².